The van der Waals surface area contributed by atoms with Crippen molar-refractivity contribution in [3.05, 3.63) is 72.0 Å². The first-order valence-corrected chi connectivity index (χ1v) is 15.0. The summed E-state index contributed by atoms with van der Waals surface area (Å²) in [5, 5.41) is 4.29. The number of benzene rings is 2. The summed E-state index contributed by atoms with van der Waals surface area (Å²) in [4.78, 5) is 23.5. The minimum absolute atomic E-state index is 0.186. The van der Waals surface area contributed by atoms with E-state index in [1.165, 1.54) is 10.2 Å². The lowest BCUT2D eigenvalue weighted by Gasteiger charge is -2.34. The zero-order valence-corrected chi connectivity index (χ0v) is 24.2. The van der Waals surface area contributed by atoms with Crippen molar-refractivity contribution >= 4 is 44.6 Å². The lowest BCUT2D eigenvalue weighted by molar-refractivity contribution is 0.0172. The molecular formula is C29H32ClN5O4S. The summed E-state index contributed by atoms with van der Waals surface area (Å²) >= 11 is 6.56. The van der Waals surface area contributed by atoms with Crippen LogP contribution >= 0.6 is 11.6 Å². The molecule has 1 aliphatic heterocycles. The fraction of sp³-hybridized carbons (Fsp3) is 0.345. The molecule has 11 heteroatoms. The molecule has 2 aromatic carbocycles. The predicted octanol–water partition coefficient (Wildman–Crippen LogP) is 6.05. The molecule has 1 N–H and O–H groups in total. The number of ether oxygens (including phenoxy) is 1. The second-order valence-corrected chi connectivity index (χ2v) is 13.1. The van der Waals surface area contributed by atoms with E-state index < -0.39 is 15.6 Å². The van der Waals surface area contributed by atoms with Crippen LogP contribution in [0.5, 0.6) is 0 Å². The van der Waals surface area contributed by atoms with Crippen LogP contribution in [0, 0.1) is 5.92 Å². The van der Waals surface area contributed by atoms with E-state index in [0.717, 1.165) is 12.8 Å². The van der Waals surface area contributed by atoms with E-state index in [0.29, 0.717) is 52.8 Å². The van der Waals surface area contributed by atoms with E-state index in [-0.39, 0.29) is 16.9 Å². The van der Waals surface area contributed by atoms with Crippen LogP contribution in [0.1, 0.15) is 33.6 Å². The maximum absolute atomic E-state index is 13.5. The largest absolute Gasteiger partial charge is 0.444 e. The number of hydrogen-bond donors (Lipinski definition) is 1. The van der Waals surface area contributed by atoms with E-state index in [1.807, 2.05) is 32.9 Å². The van der Waals surface area contributed by atoms with Crippen molar-refractivity contribution in [2.24, 2.45) is 5.92 Å². The molecular weight excluding hydrogens is 550 g/mol. The van der Waals surface area contributed by atoms with Gasteiger partial charge in [0.15, 0.2) is 0 Å². The number of rotatable bonds is 6. The number of anilines is 1. The van der Waals surface area contributed by atoms with Crippen LogP contribution in [0.4, 0.5) is 10.7 Å². The molecule has 0 aliphatic carbocycles. The number of para-hydroxylation sites is 1. The van der Waals surface area contributed by atoms with Crippen molar-refractivity contribution in [3.63, 3.8) is 0 Å². The van der Waals surface area contributed by atoms with Gasteiger partial charge >= 0.3 is 6.09 Å². The van der Waals surface area contributed by atoms with E-state index in [4.69, 9.17) is 16.3 Å². The van der Waals surface area contributed by atoms with E-state index in [9.17, 15) is 13.2 Å². The number of halogens is 1. The Morgan fingerprint density at radius 1 is 1.12 bits per heavy atom. The monoisotopic (exact) mass is 581 g/mol. The predicted molar refractivity (Wildman–Crippen MR) is 156 cm³/mol. The second kappa shape index (κ2) is 11.1. The molecule has 40 heavy (non-hydrogen) atoms. The smallest absolute Gasteiger partial charge is 0.410 e. The Morgan fingerprint density at radius 3 is 2.60 bits per heavy atom. The number of fused-ring (bicyclic) bond motifs is 1. The Labute approximate surface area is 239 Å². The second-order valence-electron chi connectivity index (χ2n) is 10.9. The normalized spacial score (nSPS) is 16.2. The molecule has 1 saturated heterocycles. The van der Waals surface area contributed by atoms with Gasteiger partial charge in [0.25, 0.3) is 10.0 Å². The molecule has 1 aliphatic rings. The number of piperidine rings is 1. The highest BCUT2D eigenvalue weighted by molar-refractivity contribution is 7.90. The Hall–Kier alpha value is -3.63. The van der Waals surface area contributed by atoms with Gasteiger partial charge < -0.3 is 15.0 Å². The van der Waals surface area contributed by atoms with Crippen LogP contribution in [-0.4, -0.2) is 58.6 Å². The molecule has 0 spiro atoms. The van der Waals surface area contributed by atoms with Gasteiger partial charge in [-0.05, 0) is 57.7 Å². The summed E-state index contributed by atoms with van der Waals surface area (Å²) < 4.78 is 33.8. The molecule has 210 valence electrons. The number of likely N-dealkylation sites (tertiary alicyclic amines) is 1. The number of aromatic nitrogens is 3. The van der Waals surface area contributed by atoms with Crippen LogP contribution in [0.25, 0.3) is 22.2 Å². The van der Waals surface area contributed by atoms with Gasteiger partial charge in [0.05, 0.1) is 27.3 Å². The number of hydrogen-bond acceptors (Lipinski definition) is 7. The fourth-order valence-corrected chi connectivity index (χ4v) is 6.43. The molecule has 1 atom stereocenters. The van der Waals surface area contributed by atoms with Gasteiger partial charge in [-0.1, -0.05) is 48.0 Å². The quantitative estimate of drug-likeness (QED) is 0.295. The van der Waals surface area contributed by atoms with Gasteiger partial charge in [0, 0.05) is 36.8 Å². The maximum Gasteiger partial charge on any atom is 0.410 e. The zero-order chi connectivity index (χ0) is 28.5. The number of carbonyl (C=O) groups is 1. The van der Waals surface area contributed by atoms with Crippen molar-refractivity contribution in [1.29, 1.82) is 0 Å². The number of amides is 1. The Balaban J connectivity index is 1.40. The molecule has 1 fully saturated rings. The SMILES string of the molecule is CC(C)(C)OC(=O)N1CCCC(CNc2ncc(Cl)c(-c3cn(S(=O)(=O)c4ccccc4)c4ccccc34)n2)C1. The topological polar surface area (TPSA) is 106 Å². The zero-order valence-electron chi connectivity index (χ0n) is 22.7. The van der Waals surface area contributed by atoms with E-state index >= 15 is 0 Å². The van der Waals surface area contributed by atoms with Crippen LogP contribution in [-0.2, 0) is 14.8 Å². The van der Waals surface area contributed by atoms with Crippen LogP contribution in [0.2, 0.25) is 5.02 Å². The Morgan fingerprint density at radius 2 is 1.85 bits per heavy atom. The first-order valence-electron chi connectivity index (χ1n) is 13.2. The first kappa shape index (κ1) is 27.9. The lowest BCUT2D eigenvalue weighted by atomic mass is 9.98. The summed E-state index contributed by atoms with van der Waals surface area (Å²) in [5.74, 6) is 0.568. The molecule has 9 nitrogen and oxygen atoms in total. The molecule has 0 saturated carbocycles. The average Bonchev–Trinajstić information content (AvgIpc) is 3.33. The molecule has 0 bridgehead atoms. The highest BCUT2D eigenvalue weighted by atomic mass is 35.5. The summed E-state index contributed by atoms with van der Waals surface area (Å²) in [6.07, 6.45) is 4.61. The molecule has 3 heterocycles. The summed E-state index contributed by atoms with van der Waals surface area (Å²) in [5.41, 5.74) is 0.991. The highest BCUT2D eigenvalue weighted by Crippen LogP contribution is 2.35. The standard InChI is InChI=1S/C29H32ClN5O4S/c1-29(2,3)39-28(36)34-15-9-10-20(18-34)16-31-27-32-17-24(30)26(33-27)23-19-35(25-14-8-7-13-22(23)25)40(37,38)21-11-5-4-6-12-21/h4-8,11-14,17,19-20H,9-10,15-16,18H2,1-3H3,(H,31,32,33). The van der Waals surface area contributed by atoms with Gasteiger partial charge in [-0.3, -0.25) is 0 Å². The van der Waals surface area contributed by atoms with E-state index in [1.54, 1.807) is 53.6 Å². The maximum atomic E-state index is 13.5. The highest BCUT2D eigenvalue weighted by Gasteiger charge is 2.28. The lowest BCUT2D eigenvalue weighted by Crippen LogP contribution is -2.44. The Kier molecular flexibility index (Phi) is 7.74. The number of carbonyl (C=O) groups excluding carboxylic acids is 1. The van der Waals surface area contributed by atoms with Crippen molar-refractivity contribution in [3.8, 4) is 11.3 Å². The first-order chi connectivity index (χ1) is 19.0. The molecule has 1 amide bonds. The molecule has 4 aromatic rings. The van der Waals surface area contributed by atoms with Gasteiger partial charge in [0.2, 0.25) is 5.95 Å². The van der Waals surface area contributed by atoms with Crippen LogP contribution in [0.15, 0.2) is 71.9 Å². The summed E-state index contributed by atoms with van der Waals surface area (Å²) in [6, 6.07) is 15.5. The molecule has 5 rings (SSSR count). The van der Waals surface area contributed by atoms with Crippen LogP contribution < -0.4 is 5.32 Å². The average molecular weight is 582 g/mol. The number of nitrogens with zero attached hydrogens (tertiary/aromatic N) is 4. The van der Waals surface area contributed by atoms with Gasteiger partial charge in [0.1, 0.15) is 5.60 Å². The van der Waals surface area contributed by atoms with Crippen molar-refractivity contribution in [2.75, 3.05) is 25.0 Å². The third-order valence-corrected chi connectivity index (χ3v) is 8.66. The Bertz CT molecular complexity index is 1630. The van der Waals surface area contributed by atoms with Gasteiger partial charge in [-0.2, -0.15) is 0 Å². The minimum atomic E-state index is -3.85. The third-order valence-electron chi connectivity index (χ3n) is 6.70. The third kappa shape index (κ3) is 5.93. The summed E-state index contributed by atoms with van der Waals surface area (Å²) in [7, 11) is -3.85. The van der Waals surface area contributed by atoms with Gasteiger partial charge in [-0.25, -0.2) is 27.2 Å². The van der Waals surface area contributed by atoms with Gasteiger partial charge in [-0.15, -0.1) is 0 Å². The summed E-state index contributed by atoms with van der Waals surface area (Å²) in [6.45, 7) is 7.38. The van der Waals surface area contributed by atoms with Crippen molar-refractivity contribution in [1.82, 2.24) is 18.8 Å². The van der Waals surface area contributed by atoms with Crippen molar-refractivity contribution in [2.45, 2.75) is 44.1 Å². The fourth-order valence-electron chi connectivity index (χ4n) is 4.84. The molecule has 1 unspecified atom stereocenters. The van der Waals surface area contributed by atoms with E-state index in [2.05, 4.69) is 15.3 Å². The molecule has 2 aromatic heterocycles. The van der Waals surface area contributed by atoms with Crippen LogP contribution in [0.3, 0.4) is 0 Å². The minimum Gasteiger partial charge on any atom is -0.444 e. The number of nitrogens with one attached hydrogen (secondary N) is 1. The van der Waals surface area contributed by atoms with Crippen molar-refractivity contribution < 1.29 is 17.9 Å². The molecule has 0 radical (unpaired) electrons.